The standard InChI is InChI=1S/C28H22N2O5/c1-15(2)16-11-12-20-23(14-16)35-28(34)19-9-5-4-8-18(19)25(32)27(20,28)30-26(33)24(31)22-13-17-7-3-6-10-21(17)29-22/h3-15,29,34H,1-2H3,(H,30,33). The van der Waals surface area contributed by atoms with Crippen molar-refractivity contribution >= 4 is 28.4 Å². The van der Waals surface area contributed by atoms with Gasteiger partial charge in [0.1, 0.15) is 5.75 Å². The van der Waals surface area contributed by atoms with Gasteiger partial charge in [-0.2, -0.15) is 0 Å². The summed E-state index contributed by atoms with van der Waals surface area (Å²) in [7, 11) is 0. The third-order valence-electron chi connectivity index (χ3n) is 7.00. The maximum Gasteiger partial charge on any atom is 0.295 e. The molecule has 1 aromatic heterocycles. The molecule has 174 valence electrons. The number of nitrogens with one attached hydrogen (secondary N) is 2. The minimum absolute atomic E-state index is 0.0842. The number of carbonyl (C=O) groups is 3. The molecule has 3 N–H and O–H groups in total. The number of ether oxygens (including phenoxy) is 1. The molecular weight excluding hydrogens is 444 g/mol. The molecule has 2 atom stereocenters. The molecule has 7 nitrogen and oxygen atoms in total. The highest BCUT2D eigenvalue weighted by Gasteiger charge is 2.71. The van der Waals surface area contributed by atoms with Gasteiger partial charge in [-0.05, 0) is 29.7 Å². The summed E-state index contributed by atoms with van der Waals surface area (Å²) in [5.74, 6) is -4.15. The van der Waals surface area contributed by atoms with Crippen molar-refractivity contribution in [3.05, 3.63) is 101 Å². The lowest BCUT2D eigenvalue weighted by Crippen LogP contribution is -2.61. The van der Waals surface area contributed by atoms with Crippen LogP contribution in [0, 0.1) is 0 Å². The molecule has 0 saturated heterocycles. The topological polar surface area (TPSA) is 108 Å². The van der Waals surface area contributed by atoms with E-state index in [0.717, 1.165) is 10.9 Å². The molecule has 0 spiro atoms. The van der Waals surface area contributed by atoms with Crippen LogP contribution in [0.2, 0.25) is 0 Å². The van der Waals surface area contributed by atoms with E-state index in [2.05, 4.69) is 10.3 Å². The molecule has 0 bridgehead atoms. The number of aromatic amines is 1. The summed E-state index contributed by atoms with van der Waals surface area (Å²) in [6.07, 6.45) is 0. The molecule has 35 heavy (non-hydrogen) atoms. The average molecular weight is 466 g/mol. The molecule has 4 aromatic rings. The van der Waals surface area contributed by atoms with Crippen LogP contribution in [0.3, 0.4) is 0 Å². The van der Waals surface area contributed by atoms with Gasteiger partial charge in [0.2, 0.25) is 11.3 Å². The Labute approximate surface area is 200 Å². The Bertz CT molecular complexity index is 1540. The number of hydrogen-bond donors (Lipinski definition) is 3. The minimum atomic E-state index is -2.20. The van der Waals surface area contributed by atoms with Gasteiger partial charge in [-0.15, -0.1) is 0 Å². The van der Waals surface area contributed by atoms with Gasteiger partial charge in [0.15, 0.2) is 0 Å². The highest BCUT2D eigenvalue weighted by Crippen LogP contribution is 2.58. The highest BCUT2D eigenvalue weighted by molar-refractivity contribution is 6.43. The Morgan fingerprint density at radius 1 is 0.971 bits per heavy atom. The van der Waals surface area contributed by atoms with Crippen LogP contribution in [0.5, 0.6) is 5.75 Å². The number of Topliss-reactive ketones (excluding diaryl/α,β-unsaturated/α-hetero) is 2. The lowest BCUT2D eigenvalue weighted by molar-refractivity contribution is -0.174. The number of para-hydroxylation sites is 1. The van der Waals surface area contributed by atoms with Gasteiger partial charge in [0, 0.05) is 27.6 Å². The van der Waals surface area contributed by atoms with E-state index in [1.807, 2.05) is 38.1 Å². The minimum Gasteiger partial charge on any atom is -0.454 e. The van der Waals surface area contributed by atoms with Crippen molar-refractivity contribution in [3.8, 4) is 5.75 Å². The Morgan fingerprint density at radius 2 is 1.71 bits per heavy atom. The second-order valence-electron chi connectivity index (χ2n) is 9.33. The number of amides is 1. The summed E-state index contributed by atoms with van der Waals surface area (Å²) in [5, 5.41) is 15.3. The summed E-state index contributed by atoms with van der Waals surface area (Å²) in [5.41, 5.74) is 0.518. The molecule has 3 aromatic carbocycles. The zero-order valence-electron chi connectivity index (χ0n) is 19.1. The van der Waals surface area contributed by atoms with Crippen LogP contribution in [0.15, 0.2) is 72.8 Å². The molecule has 1 aliphatic heterocycles. The molecule has 0 saturated carbocycles. The lowest BCUT2D eigenvalue weighted by Gasteiger charge is -2.34. The fourth-order valence-corrected chi connectivity index (χ4v) is 5.18. The van der Waals surface area contributed by atoms with Crippen LogP contribution >= 0.6 is 0 Å². The van der Waals surface area contributed by atoms with Crippen LogP contribution in [0.4, 0.5) is 0 Å². The first-order chi connectivity index (χ1) is 16.8. The van der Waals surface area contributed by atoms with Gasteiger partial charge in [-0.3, -0.25) is 14.4 Å². The van der Waals surface area contributed by atoms with Gasteiger partial charge in [0.25, 0.3) is 17.5 Å². The van der Waals surface area contributed by atoms with Crippen molar-refractivity contribution in [1.82, 2.24) is 10.3 Å². The summed E-state index contributed by atoms with van der Waals surface area (Å²) in [6, 6.07) is 20.7. The van der Waals surface area contributed by atoms with E-state index in [4.69, 9.17) is 4.74 Å². The predicted molar refractivity (Wildman–Crippen MR) is 128 cm³/mol. The Morgan fingerprint density at radius 3 is 2.49 bits per heavy atom. The number of fused-ring (bicyclic) bond motifs is 6. The second-order valence-corrected chi connectivity index (χ2v) is 9.33. The van der Waals surface area contributed by atoms with Crippen molar-refractivity contribution in [2.24, 2.45) is 0 Å². The number of H-pyrrole nitrogens is 1. The van der Waals surface area contributed by atoms with Gasteiger partial charge >= 0.3 is 0 Å². The van der Waals surface area contributed by atoms with Crippen molar-refractivity contribution < 1.29 is 24.2 Å². The van der Waals surface area contributed by atoms with Crippen molar-refractivity contribution in [2.45, 2.75) is 31.1 Å². The third-order valence-corrected chi connectivity index (χ3v) is 7.00. The molecule has 2 heterocycles. The van der Waals surface area contributed by atoms with E-state index in [0.29, 0.717) is 16.8 Å². The summed E-state index contributed by atoms with van der Waals surface area (Å²) >= 11 is 0. The first-order valence-corrected chi connectivity index (χ1v) is 11.4. The fourth-order valence-electron chi connectivity index (χ4n) is 5.18. The number of benzene rings is 3. The predicted octanol–water partition coefficient (Wildman–Crippen LogP) is 3.92. The SMILES string of the molecule is CC(C)c1ccc2c(c1)OC1(O)c3ccccc3C(=O)C21NC(=O)C(=O)c1cc2ccccc2[nH]1. The molecule has 1 amide bonds. The first kappa shape index (κ1) is 21.3. The Kier molecular flexibility index (Phi) is 4.34. The van der Waals surface area contributed by atoms with E-state index in [-0.39, 0.29) is 22.7 Å². The van der Waals surface area contributed by atoms with Gasteiger partial charge < -0.3 is 20.1 Å². The quantitative estimate of drug-likeness (QED) is 0.312. The molecule has 0 fully saturated rings. The molecule has 6 rings (SSSR count). The maximum atomic E-state index is 13.8. The van der Waals surface area contributed by atoms with Crippen LogP contribution in [0.25, 0.3) is 10.9 Å². The average Bonchev–Trinajstić information content (AvgIpc) is 3.45. The molecule has 0 radical (unpaired) electrons. The monoisotopic (exact) mass is 466 g/mol. The lowest BCUT2D eigenvalue weighted by atomic mass is 9.82. The Balaban J connectivity index is 1.48. The molecule has 2 aliphatic rings. The van der Waals surface area contributed by atoms with Crippen LogP contribution in [-0.2, 0) is 16.1 Å². The molecule has 2 unspecified atom stereocenters. The smallest absolute Gasteiger partial charge is 0.295 e. The van der Waals surface area contributed by atoms with E-state index < -0.39 is 28.8 Å². The molecule has 7 heteroatoms. The van der Waals surface area contributed by atoms with E-state index in [1.54, 1.807) is 48.5 Å². The van der Waals surface area contributed by atoms with E-state index >= 15 is 0 Å². The van der Waals surface area contributed by atoms with E-state index in [1.165, 1.54) is 0 Å². The summed E-state index contributed by atoms with van der Waals surface area (Å²) in [4.78, 5) is 43.3. The van der Waals surface area contributed by atoms with Crippen LogP contribution in [-0.4, -0.2) is 27.6 Å². The fraction of sp³-hybridized carbons (Fsp3) is 0.179. The number of aromatic nitrogens is 1. The Hall–Kier alpha value is -4.23. The summed E-state index contributed by atoms with van der Waals surface area (Å²) in [6.45, 7) is 4.03. The van der Waals surface area contributed by atoms with E-state index in [9.17, 15) is 19.5 Å². The van der Waals surface area contributed by atoms with Gasteiger partial charge in [0.05, 0.1) is 5.69 Å². The molecule has 1 aliphatic carbocycles. The van der Waals surface area contributed by atoms with Crippen LogP contribution in [0.1, 0.15) is 57.3 Å². The number of hydrogen-bond acceptors (Lipinski definition) is 5. The third kappa shape index (κ3) is 2.73. The zero-order chi connectivity index (χ0) is 24.5. The van der Waals surface area contributed by atoms with Gasteiger partial charge in [-0.25, -0.2) is 0 Å². The zero-order valence-corrected chi connectivity index (χ0v) is 19.1. The van der Waals surface area contributed by atoms with Crippen LogP contribution < -0.4 is 10.1 Å². The normalized spacial score (nSPS) is 22.0. The maximum absolute atomic E-state index is 13.8. The van der Waals surface area contributed by atoms with Crippen molar-refractivity contribution in [3.63, 3.8) is 0 Å². The second kappa shape index (κ2) is 7.13. The van der Waals surface area contributed by atoms with Crippen molar-refractivity contribution in [2.75, 3.05) is 0 Å². The number of aliphatic hydroxyl groups is 1. The van der Waals surface area contributed by atoms with Crippen molar-refractivity contribution in [1.29, 1.82) is 0 Å². The number of ketones is 2. The highest BCUT2D eigenvalue weighted by atomic mass is 16.6. The largest absolute Gasteiger partial charge is 0.454 e. The molecular formula is C28H22N2O5. The summed E-state index contributed by atoms with van der Waals surface area (Å²) < 4.78 is 6.04. The first-order valence-electron chi connectivity index (χ1n) is 11.4. The number of rotatable bonds is 4. The number of carbonyl (C=O) groups excluding carboxylic acids is 3. The van der Waals surface area contributed by atoms with Gasteiger partial charge in [-0.1, -0.05) is 68.4 Å².